The highest BCUT2D eigenvalue weighted by molar-refractivity contribution is 5.53. The van der Waals surface area contributed by atoms with Crippen LogP contribution in [0.2, 0.25) is 0 Å². The Kier molecular flexibility index (Phi) is 5.70. The summed E-state index contributed by atoms with van der Waals surface area (Å²) in [6.07, 6.45) is 3.97. The summed E-state index contributed by atoms with van der Waals surface area (Å²) < 4.78 is 12.3. The Labute approximate surface area is 165 Å². The van der Waals surface area contributed by atoms with Crippen LogP contribution >= 0.6 is 0 Å². The van der Waals surface area contributed by atoms with E-state index in [1.165, 1.54) is 0 Å². The summed E-state index contributed by atoms with van der Waals surface area (Å²) in [5.41, 5.74) is 15.8. The molecule has 0 radical (unpaired) electrons. The lowest BCUT2D eigenvalue weighted by Gasteiger charge is -2.22. The first-order valence-corrected chi connectivity index (χ1v) is 9.58. The van der Waals surface area contributed by atoms with E-state index in [1.54, 1.807) is 0 Å². The van der Waals surface area contributed by atoms with Crippen molar-refractivity contribution in [3.63, 3.8) is 0 Å². The summed E-state index contributed by atoms with van der Waals surface area (Å²) in [6.45, 7) is 11.9. The minimum atomic E-state index is -0.741. The quantitative estimate of drug-likeness (QED) is 0.415. The van der Waals surface area contributed by atoms with Crippen LogP contribution in [0.4, 0.5) is 0 Å². The molecule has 0 spiro atoms. The smallest absolute Gasteiger partial charge is 0.164 e. The van der Waals surface area contributed by atoms with Gasteiger partial charge in [0.05, 0.1) is 12.1 Å². The predicted molar refractivity (Wildman–Crippen MR) is 110 cm³/mol. The third-order valence-electron chi connectivity index (χ3n) is 5.08. The van der Waals surface area contributed by atoms with E-state index in [4.69, 9.17) is 15.0 Å². The van der Waals surface area contributed by atoms with E-state index >= 15 is 0 Å². The molecular formula is C21H29N5O2. The maximum atomic E-state index is 9.14. The van der Waals surface area contributed by atoms with Gasteiger partial charge >= 0.3 is 0 Å². The highest BCUT2D eigenvalue weighted by Gasteiger charge is 2.43. The number of aryl methyl sites for hydroxylation is 4. The Morgan fingerprint density at radius 1 is 1.14 bits per heavy atom. The van der Waals surface area contributed by atoms with Crippen molar-refractivity contribution in [2.45, 2.75) is 72.0 Å². The molecule has 0 aromatic carbocycles. The lowest BCUT2D eigenvalue weighted by molar-refractivity contribution is -0.144. The van der Waals surface area contributed by atoms with Crippen molar-refractivity contribution in [3.05, 3.63) is 62.6 Å². The monoisotopic (exact) mass is 383 g/mol. The van der Waals surface area contributed by atoms with Gasteiger partial charge < -0.3 is 19.4 Å². The fraction of sp³-hybridized carbons (Fsp3) is 0.524. The molecule has 3 rings (SSSR count). The topological polar surface area (TPSA) is 98.8 Å². The van der Waals surface area contributed by atoms with E-state index in [1.807, 2.05) is 53.7 Å². The van der Waals surface area contributed by atoms with Crippen LogP contribution in [0.3, 0.4) is 0 Å². The first-order chi connectivity index (χ1) is 13.2. The Morgan fingerprint density at radius 2 is 1.82 bits per heavy atom. The van der Waals surface area contributed by atoms with Crippen molar-refractivity contribution < 1.29 is 9.47 Å². The van der Waals surface area contributed by atoms with E-state index in [9.17, 15) is 0 Å². The number of nitrogens with one attached hydrogen (secondary N) is 2. The van der Waals surface area contributed by atoms with Gasteiger partial charge in [-0.3, -0.25) is 0 Å². The Hall–Kier alpha value is -2.47. The third-order valence-corrected chi connectivity index (χ3v) is 5.08. The number of aromatic amines is 2. The van der Waals surface area contributed by atoms with E-state index in [0.29, 0.717) is 6.42 Å². The van der Waals surface area contributed by atoms with E-state index in [2.05, 4.69) is 32.1 Å². The molecular weight excluding hydrogens is 354 g/mol. The average Bonchev–Trinajstić information content (AvgIpc) is 3.19. The number of hydrogen-bond donors (Lipinski definition) is 2. The van der Waals surface area contributed by atoms with E-state index in [0.717, 1.165) is 33.9 Å². The van der Waals surface area contributed by atoms with Crippen LogP contribution in [0.5, 0.6) is 0 Å². The number of rotatable bonds is 6. The molecule has 1 aliphatic heterocycles. The van der Waals surface area contributed by atoms with Crippen LogP contribution in [-0.2, 0) is 15.9 Å². The largest absolute Gasteiger partial charge is 0.362 e. The van der Waals surface area contributed by atoms with Crippen LogP contribution in [-0.4, -0.2) is 34.0 Å². The van der Waals surface area contributed by atoms with Gasteiger partial charge in [0.15, 0.2) is 5.79 Å². The molecule has 0 aliphatic carbocycles. The molecule has 0 saturated carbocycles. The van der Waals surface area contributed by atoms with Crippen LogP contribution < -0.4 is 0 Å². The number of ether oxygens (including phenoxy) is 2. The zero-order valence-corrected chi connectivity index (χ0v) is 17.4. The lowest BCUT2D eigenvalue weighted by atomic mass is 9.98. The molecule has 0 unspecified atom stereocenters. The highest BCUT2D eigenvalue weighted by atomic mass is 16.8. The van der Waals surface area contributed by atoms with Gasteiger partial charge in [0.25, 0.3) is 0 Å². The van der Waals surface area contributed by atoms with Gasteiger partial charge in [0.1, 0.15) is 6.10 Å². The van der Waals surface area contributed by atoms with Crippen molar-refractivity contribution in [3.8, 4) is 0 Å². The first kappa shape index (κ1) is 20.3. The molecule has 1 aliphatic rings. The molecule has 7 heteroatoms. The summed E-state index contributed by atoms with van der Waals surface area (Å²) in [5.74, 6) is -0.741. The van der Waals surface area contributed by atoms with Crippen molar-refractivity contribution in [1.82, 2.24) is 9.97 Å². The van der Waals surface area contributed by atoms with Crippen molar-refractivity contribution in [2.75, 3.05) is 0 Å². The van der Waals surface area contributed by atoms with E-state index in [-0.39, 0.29) is 18.2 Å². The summed E-state index contributed by atoms with van der Waals surface area (Å²) in [5, 5.41) is 4.07. The predicted octanol–water partition coefficient (Wildman–Crippen LogP) is 5.03. The average molecular weight is 383 g/mol. The molecule has 0 amide bonds. The Morgan fingerprint density at radius 3 is 2.39 bits per heavy atom. The zero-order chi connectivity index (χ0) is 20.5. The van der Waals surface area contributed by atoms with Gasteiger partial charge in [-0.25, -0.2) is 0 Å². The van der Waals surface area contributed by atoms with Crippen LogP contribution in [0.25, 0.3) is 16.5 Å². The van der Waals surface area contributed by atoms with Gasteiger partial charge in [0, 0.05) is 27.7 Å². The van der Waals surface area contributed by atoms with Crippen LogP contribution in [0.15, 0.2) is 23.3 Å². The molecule has 3 atom stereocenters. The Balaban J connectivity index is 1.87. The van der Waals surface area contributed by atoms with Gasteiger partial charge in [-0.05, 0) is 76.8 Å². The third kappa shape index (κ3) is 4.50. The molecule has 3 heterocycles. The fourth-order valence-electron chi connectivity index (χ4n) is 3.89. The minimum absolute atomic E-state index is 0.305. The summed E-state index contributed by atoms with van der Waals surface area (Å²) in [4.78, 5) is 9.69. The molecule has 1 saturated heterocycles. The standard InChI is InChI=1S/C21H29N5O2/c1-12-9-16(14(3)23-12)7-8-19-20(28-21(5,6)27-19)18(25-26-22)11-17-10-13(2)24-15(17)4/h7-10,18-20,23-24H,11H2,1-6H3/b8-7+/t18-,19+,20+/m1/s1. The number of hydrogen-bond acceptors (Lipinski definition) is 3. The summed E-state index contributed by atoms with van der Waals surface area (Å²) in [7, 11) is 0. The SMILES string of the molecule is Cc1cc(/C=C/[C@@H]2OC(C)(C)O[C@H]2[C@@H](Cc2cc(C)[nH]c2C)N=[N+]=[N-])c(C)[nH]1. The molecule has 150 valence electrons. The number of azide groups is 1. The molecule has 1 fully saturated rings. The molecule has 28 heavy (non-hydrogen) atoms. The molecule has 0 bridgehead atoms. The second kappa shape index (κ2) is 7.87. The molecule has 2 aromatic heterocycles. The number of H-pyrrole nitrogens is 2. The second-order valence-corrected chi connectivity index (χ2v) is 8.04. The molecule has 7 nitrogen and oxygen atoms in total. The minimum Gasteiger partial charge on any atom is -0.362 e. The lowest BCUT2D eigenvalue weighted by Crippen LogP contribution is -2.34. The molecule has 2 N–H and O–H groups in total. The summed E-state index contributed by atoms with van der Waals surface area (Å²) >= 11 is 0. The normalized spacial score (nSPS) is 22.5. The van der Waals surface area contributed by atoms with Gasteiger partial charge in [-0.15, -0.1) is 0 Å². The van der Waals surface area contributed by atoms with E-state index < -0.39 is 5.79 Å². The summed E-state index contributed by atoms with van der Waals surface area (Å²) in [6, 6.07) is 3.82. The van der Waals surface area contributed by atoms with Crippen molar-refractivity contribution >= 4 is 6.08 Å². The first-order valence-electron chi connectivity index (χ1n) is 9.58. The number of aromatic nitrogens is 2. The zero-order valence-electron chi connectivity index (χ0n) is 17.4. The van der Waals surface area contributed by atoms with Crippen LogP contribution in [0.1, 0.15) is 47.8 Å². The Bertz CT molecular complexity index is 917. The maximum absolute atomic E-state index is 9.14. The molecule has 2 aromatic rings. The van der Waals surface area contributed by atoms with Gasteiger partial charge in [0.2, 0.25) is 0 Å². The van der Waals surface area contributed by atoms with Gasteiger partial charge in [-0.2, -0.15) is 0 Å². The van der Waals surface area contributed by atoms with Crippen molar-refractivity contribution in [2.24, 2.45) is 5.11 Å². The van der Waals surface area contributed by atoms with Gasteiger partial charge in [-0.1, -0.05) is 17.3 Å². The van der Waals surface area contributed by atoms with Crippen LogP contribution in [0, 0.1) is 27.7 Å². The number of nitrogens with zero attached hydrogens (tertiary/aromatic N) is 3. The second-order valence-electron chi connectivity index (χ2n) is 8.04. The highest BCUT2D eigenvalue weighted by Crippen LogP contribution is 2.33. The van der Waals surface area contributed by atoms with Crippen molar-refractivity contribution in [1.29, 1.82) is 0 Å². The maximum Gasteiger partial charge on any atom is 0.164 e. The fourth-order valence-corrected chi connectivity index (χ4v) is 3.89.